The molecule has 3 rings (SSSR count). The number of hydrogen-bond donors (Lipinski definition) is 2. The number of rotatable bonds is 13. The first-order valence-electron chi connectivity index (χ1n) is 13.4. The maximum Gasteiger partial charge on any atom is 0.446 e. The van der Waals surface area contributed by atoms with Gasteiger partial charge in [0.1, 0.15) is 4.75 Å². The molecule has 2 aromatic rings. The van der Waals surface area contributed by atoms with Crippen LogP contribution in [-0.4, -0.2) is 44.8 Å². The molecule has 2 atom stereocenters. The Kier molecular flexibility index (Phi) is 11.1. The zero-order valence-electron chi connectivity index (χ0n) is 22.6. The van der Waals surface area contributed by atoms with E-state index in [0.717, 1.165) is 48.1 Å². The molecule has 2 unspecified atom stereocenters. The average molecular weight is 583 g/mol. The summed E-state index contributed by atoms with van der Waals surface area (Å²) in [7, 11) is 0. The smallest absolute Gasteiger partial charge is 0.446 e. The highest BCUT2D eigenvalue weighted by molar-refractivity contribution is 8.01. The number of urea groups is 1. The maximum atomic E-state index is 13.4. The van der Waals surface area contributed by atoms with Crippen molar-refractivity contribution in [3.63, 3.8) is 0 Å². The molecule has 0 heterocycles. The molecule has 0 saturated heterocycles. The van der Waals surface area contributed by atoms with Gasteiger partial charge in [-0.3, -0.25) is 4.79 Å². The molecule has 10 heteroatoms. The summed E-state index contributed by atoms with van der Waals surface area (Å²) in [5, 5.41) is 12.5. The summed E-state index contributed by atoms with van der Waals surface area (Å²) in [4.78, 5) is 28.0. The maximum absolute atomic E-state index is 13.4. The number of carboxylic acids is 1. The number of anilines is 1. The first kappa shape index (κ1) is 31.2. The van der Waals surface area contributed by atoms with Gasteiger partial charge in [0.25, 0.3) is 0 Å². The molecule has 0 radical (unpaired) electrons. The zero-order chi connectivity index (χ0) is 28.6. The van der Waals surface area contributed by atoms with E-state index in [1.807, 2.05) is 30.0 Å². The highest BCUT2D eigenvalue weighted by Gasteiger charge is 2.34. The van der Waals surface area contributed by atoms with Crippen LogP contribution >= 0.6 is 23.5 Å². The minimum absolute atomic E-state index is 0.0523. The van der Waals surface area contributed by atoms with Crippen molar-refractivity contribution in [1.82, 2.24) is 4.90 Å². The number of hydrogen-bond acceptors (Lipinski definition) is 4. The number of carbonyl (C=O) groups is 2. The van der Waals surface area contributed by atoms with Gasteiger partial charge in [-0.1, -0.05) is 45.6 Å². The number of thioether (sulfide) groups is 2. The molecule has 2 amide bonds. The van der Waals surface area contributed by atoms with Crippen molar-refractivity contribution in [2.45, 2.75) is 98.2 Å². The van der Waals surface area contributed by atoms with E-state index < -0.39 is 16.2 Å². The number of halogens is 3. The van der Waals surface area contributed by atoms with Crippen LogP contribution in [0.25, 0.3) is 0 Å². The lowest BCUT2D eigenvalue weighted by atomic mass is 10.1. The van der Waals surface area contributed by atoms with E-state index in [1.165, 1.54) is 36.0 Å². The Balaban J connectivity index is 1.72. The van der Waals surface area contributed by atoms with Crippen LogP contribution in [0.5, 0.6) is 0 Å². The average Bonchev–Trinajstić information content (AvgIpc) is 3.29. The molecule has 0 saturated carbocycles. The Hall–Kier alpha value is -2.33. The van der Waals surface area contributed by atoms with Crippen molar-refractivity contribution in [2.75, 3.05) is 11.9 Å². The van der Waals surface area contributed by atoms with E-state index in [-0.39, 0.29) is 28.7 Å². The summed E-state index contributed by atoms with van der Waals surface area (Å²) in [6.07, 6.45) is 7.14. The number of carbonyl (C=O) groups excluding carboxylic acids is 1. The summed E-state index contributed by atoms with van der Waals surface area (Å²) in [5.74, 6) is -0.843. The fraction of sp³-hybridized carbons (Fsp3) is 0.517. The third-order valence-electron chi connectivity index (χ3n) is 7.10. The second-order valence-electron chi connectivity index (χ2n) is 10.1. The van der Waals surface area contributed by atoms with Gasteiger partial charge in [0.2, 0.25) is 0 Å². The van der Waals surface area contributed by atoms with Crippen molar-refractivity contribution in [3.8, 4) is 0 Å². The Morgan fingerprint density at radius 2 is 1.59 bits per heavy atom. The lowest BCUT2D eigenvalue weighted by molar-refractivity contribution is -0.139. The normalized spacial score (nSPS) is 16.4. The number of alkyl halides is 3. The molecule has 2 aromatic carbocycles. The van der Waals surface area contributed by atoms with Gasteiger partial charge in [0.05, 0.1) is 0 Å². The SMILES string of the molecule is CCCCCCCN(C(=O)Nc1ccc(SC(F)(F)F)cc1)C1Cc2ccc(SC(C)(CC)C(=O)O)cc2C1. The molecular formula is C29H37F3N2O3S2. The van der Waals surface area contributed by atoms with Gasteiger partial charge in [-0.05, 0) is 91.9 Å². The summed E-state index contributed by atoms with van der Waals surface area (Å²) in [6.45, 7) is 6.34. The second-order valence-corrected chi connectivity index (χ2v) is 12.8. The number of amides is 2. The molecule has 1 aliphatic rings. The van der Waals surface area contributed by atoms with Gasteiger partial charge in [0, 0.05) is 28.1 Å². The van der Waals surface area contributed by atoms with Crippen molar-refractivity contribution in [1.29, 1.82) is 0 Å². The molecule has 39 heavy (non-hydrogen) atoms. The number of aliphatic carboxylic acids is 1. The number of benzene rings is 2. The molecule has 2 N–H and O–H groups in total. The third-order valence-corrected chi connectivity index (χ3v) is 9.25. The van der Waals surface area contributed by atoms with E-state index >= 15 is 0 Å². The van der Waals surface area contributed by atoms with E-state index in [9.17, 15) is 27.9 Å². The Bertz CT molecular complexity index is 1130. The van der Waals surface area contributed by atoms with Gasteiger partial charge < -0.3 is 15.3 Å². The van der Waals surface area contributed by atoms with Crippen LogP contribution in [0, 0.1) is 0 Å². The van der Waals surface area contributed by atoms with Gasteiger partial charge in [0.15, 0.2) is 0 Å². The van der Waals surface area contributed by atoms with Crippen molar-refractivity contribution < 1.29 is 27.9 Å². The standard InChI is InChI=1S/C29H37F3N2O3S2/c1-4-6-7-8-9-16-34(27(37)33-22-11-14-24(15-12-22)39-29(30,31)32)23-17-20-10-13-25(19-21(20)18-23)38-28(3,5-2)26(35)36/h10-15,19,23H,4-9,16-18H2,1-3H3,(H,33,37)(H,35,36). The van der Waals surface area contributed by atoms with Gasteiger partial charge in [-0.2, -0.15) is 13.2 Å². The fourth-order valence-corrected chi connectivity index (χ4v) is 6.28. The first-order chi connectivity index (χ1) is 18.4. The van der Waals surface area contributed by atoms with E-state index in [4.69, 9.17) is 0 Å². The van der Waals surface area contributed by atoms with Crippen LogP contribution in [0.3, 0.4) is 0 Å². The second kappa shape index (κ2) is 13.8. The fourth-order valence-electron chi connectivity index (χ4n) is 4.65. The molecule has 5 nitrogen and oxygen atoms in total. The number of nitrogens with zero attached hydrogens (tertiary/aromatic N) is 1. The quantitative estimate of drug-likeness (QED) is 0.183. The number of nitrogens with one attached hydrogen (secondary N) is 1. The van der Waals surface area contributed by atoms with Crippen LogP contribution in [0.15, 0.2) is 52.3 Å². The summed E-state index contributed by atoms with van der Waals surface area (Å²) < 4.78 is 37.1. The number of carboxylic acid groups (broad SMARTS) is 1. The highest BCUT2D eigenvalue weighted by Crippen LogP contribution is 2.39. The molecule has 0 aliphatic heterocycles. The first-order valence-corrected chi connectivity index (χ1v) is 15.0. The number of fused-ring (bicyclic) bond motifs is 1. The minimum Gasteiger partial charge on any atom is -0.480 e. The van der Waals surface area contributed by atoms with E-state index in [0.29, 0.717) is 31.5 Å². The van der Waals surface area contributed by atoms with Crippen LogP contribution in [0.2, 0.25) is 0 Å². The van der Waals surface area contributed by atoms with E-state index in [1.54, 1.807) is 6.92 Å². The van der Waals surface area contributed by atoms with E-state index in [2.05, 4.69) is 12.2 Å². The van der Waals surface area contributed by atoms with Gasteiger partial charge >= 0.3 is 17.5 Å². The topological polar surface area (TPSA) is 69.6 Å². The zero-order valence-corrected chi connectivity index (χ0v) is 24.3. The van der Waals surface area contributed by atoms with Crippen LogP contribution in [0.4, 0.5) is 23.7 Å². The van der Waals surface area contributed by atoms with Crippen molar-refractivity contribution in [3.05, 3.63) is 53.6 Å². The Morgan fingerprint density at radius 1 is 0.949 bits per heavy atom. The molecular weight excluding hydrogens is 545 g/mol. The molecule has 0 spiro atoms. The molecule has 0 bridgehead atoms. The predicted octanol–water partition coefficient (Wildman–Crippen LogP) is 8.62. The lowest BCUT2D eigenvalue weighted by Gasteiger charge is -2.29. The van der Waals surface area contributed by atoms with Crippen molar-refractivity contribution >= 4 is 41.2 Å². The molecule has 0 aromatic heterocycles. The molecule has 0 fully saturated rings. The van der Waals surface area contributed by atoms with Crippen molar-refractivity contribution in [2.24, 2.45) is 0 Å². The summed E-state index contributed by atoms with van der Waals surface area (Å²) >= 11 is 1.16. The Morgan fingerprint density at radius 3 is 2.21 bits per heavy atom. The van der Waals surface area contributed by atoms with Gasteiger partial charge in [-0.15, -0.1) is 11.8 Å². The highest BCUT2D eigenvalue weighted by atomic mass is 32.2. The third kappa shape index (κ3) is 9.10. The van der Waals surface area contributed by atoms with Gasteiger partial charge in [-0.25, -0.2) is 4.79 Å². The van der Waals surface area contributed by atoms with Crippen LogP contribution < -0.4 is 5.32 Å². The largest absolute Gasteiger partial charge is 0.480 e. The lowest BCUT2D eigenvalue weighted by Crippen LogP contribution is -2.44. The molecule has 214 valence electrons. The minimum atomic E-state index is -4.36. The van der Waals surface area contributed by atoms with Crippen LogP contribution in [0.1, 0.15) is 70.4 Å². The Labute approximate surface area is 237 Å². The summed E-state index contributed by atoms with van der Waals surface area (Å²) in [6, 6.07) is 11.4. The monoisotopic (exact) mass is 582 g/mol. The number of unbranched alkanes of at least 4 members (excludes halogenated alkanes) is 4. The van der Waals surface area contributed by atoms with Crippen LogP contribution in [-0.2, 0) is 17.6 Å². The predicted molar refractivity (Wildman–Crippen MR) is 153 cm³/mol. The molecule has 1 aliphatic carbocycles. The summed E-state index contributed by atoms with van der Waals surface area (Å²) in [5.41, 5.74) is -1.65.